The van der Waals surface area contributed by atoms with E-state index < -0.39 is 0 Å². The third-order valence-corrected chi connectivity index (χ3v) is 4.01. The van der Waals surface area contributed by atoms with Gasteiger partial charge in [-0.25, -0.2) is 4.39 Å². The number of rotatable bonds is 5. The van der Waals surface area contributed by atoms with Crippen LogP contribution in [0.15, 0.2) is 36.4 Å². The van der Waals surface area contributed by atoms with Crippen molar-refractivity contribution in [3.63, 3.8) is 0 Å². The van der Waals surface area contributed by atoms with Gasteiger partial charge in [0.05, 0.1) is 17.2 Å². The molecule has 5 heteroatoms. The van der Waals surface area contributed by atoms with E-state index in [0.29, 0.717) is 16.6 Å². The molecule has 0 heterocycles. The van der Waals surface area contributed by atoms with Crippen molar-refractivity contribution in [2.75, 3.05) is 7.11 Å². The smallest absolute Gasteiger partial charge is 0.165 e. The molecule has 2 rings (SSSR count). The molecule has 0 radical (unpaired) electrons. The lowest BCUT2D eigenvalue weighted by molar-refractivity contribution is 0.386. The topological polar surface area (TPSA) is 21.3 Å². The van der Waals surface area contributed by atoms with Crippen LogP contribution in [0.25, 0.3) is 0 Å². The summed E-state index contributed by atoms with van der Waals surface area (Å²) in [6.07, 6.45) is 0. The van der Waals surface area contributed by atoms with Gasteiger partial charge in [0.25, 0.3) is 0 Å². The van der Waals surface area contributed by atoms with Crippen LogP contribution in [0.2, 0.25) is 10.0 Å². The molecule has 1 N–H and O–H groups in total. The largest absolute Gasteiger partial charge is 0.494 e. The summed E-state index contributed by atoms with van der Waals surface area (Å²) in [6, 6.07) is 10.5. The van der Waals surface area contributed by atoms with Gasteiger partial charge in [-0.15, -0.1) is 0 Å². The molecule has 0 amide bonds. The first kappa shape index (κ1) is 16.1. The van der Waals surface area contributed by atoms with E-state index in [2.05, 4.69) is 5.32 Å². The summed E-state index contributed by atoms with van der Waals surface area (Å²) in [5, 5.41) is 4.38. The van der Waals surface area contributed by atoms with Crippen molar-refractivity contribution in [3.05, 3.63) is 63.4 Å². The molecular formula is C16H16Cl2FNO. The zero-order chi connectivity index (χ0) is 15.4. The minimum absolute atomic E-state index is 0.0740. The Balaban J connectivity index is 2.01. The average Bonchev–Trinajstić information content (AvgIpc) is 2.47. The predicted octanol–water partition coefficient (Wildman–Crippen LogP) is 4.99. The van der Waals surface area contributed by atoms with Gasteiger partial charge in [-0.1, -0.05) is 35.3 Å². The lowest BCUT2D eigenvalue weighted by atomic mass is 10.1. The van der Waals surface area contributed by atoms with Gasteiger partial charge in [0.15, 0.2) is 11.6 Å². The highest BCUT2D eigenvalue weighted by Gasteiger charge is 2.08. The summed E-state index contributed by atoms with van der Waals surface area (Å²) in [5.41, 5.74) is 1.87. The molecule has 1 unspecified atom stereocenters. The van der Waals surface area contributed by atoms with Crippen molar-refractivity contribution in [3.8, 4) is 5.75 Å². The molecule has 0 fully saturated rings. The number of methoxy groups -OCH3 is 1. The zero-order valence-electron chi connectivity index (χ0n) is 11.8. The molecule has 0 aliphatic carbocycles. The highest BCUT2D eigenvalue weighted by molar-refractivity contribution is 6.42. The van der Waals surface area contributed by atoms with Crippen LogP contribution in [-0.2, 0) is 6.54 Å². The number of hydrogen-bond acceptors (Lipinski definition) is 2. The molecule has 0 aliphatic rings. The molecular weight excluding hydrogens is 312 g/mol. The van der Waals surface area contributed by atoms with Crippen LogP contribution in [0, 0.1) is 5.82 Å². The SMILES string of the molecule is COc1ccc(CNC(C)c2ccc(Cl)c(Cl)c2)cc1F. The fourth-order valence-corrected chi connectivity index (χ4v) is 2.30. The summed E-state index contributed by atoms with van der Waals surface area (Å²) in [6.45, 7) is 2.56. The molecule has 2 nitrogen and oxygen atoms in total. The van der Waals surface area contributed by atoms with Gasteiger partial charge in [0.1, 0.15) is 0 Å². The Kier molecular flexibility index (Phi) is 5.45. The van der Waals surface area contributed by atoms with Gasteiger partial charge in [-0.05, 0) is 42.3 Å². The highest BCUT2D eigenvalue weighted by Crippen LogP contribution is 2.26. The Morgan fingerprint density at radius 1 is 1.14 bits per heavy atom. The molecule has 1 atom stereocenters. The van der Waals surface area contributed by atoms with E-state index in [1.165, 1.54) is 13.2 Å². The molecule has 0 saturated heterocycles. The van der Waals surface area contributed by atoms with Crippen molar-refractivity contribution in [1.82, 2.24) is 5.32 Å². The quantitative estimate of drug-likeness (QED) is 0.835. The van der Waals surface area contributed by atoms with Crippen molar-refractivity contribution >= 4 is 23.2 Å². The second-order valence-corrected chi connectivity index (χ2v) is 5.56. The first-order valence-electron chi connectivity index (χ1n) is 6.52. The van der Waals surface area contributed by atoms with E-state index in [1.807, 2.05) is 25.1 Å². The molecule has 21 heavy (non-hydrogen) atoms. The van der Waals surface area contributed by atoms with Crippen LogP contribution in [0.3, 0.4) is 0 Å². The highest BCUT2D eigenvalue weighted by atomic mass is 35.5. The van der Waals surface area contributed by atoms with Crippen LogP contribution in [0.1, 0.15) is 24.1 Å². The van der Waals surface area contributed by atoms with Crippen molar-refractivity contribution in [2.45, 2.75) is 19.5 Å². The van der Waals surface area contributed by atoms with Crippen LogP contribution < -0.4 is 10.1 Å². The van der Waals surface area contributed by atoms with Gasteiger partial charge in [0, 0.05) is 12.6 Å². The van der Waals surface area contributed by atoms with Gasteiger partial charge < -0.3 is 10.1 Å². The third-order valence-electron chi connectivity index (χ3n) is 3.27. The second-order valence-electron chi connectivity index (χ2n) is 4.75. The van der Waals surface area contributed by atoms with Crippen molar-refractivity contribution < 1.29 is 9.13 Å². The maximum Gasteiger partial charge on any atom is 0.165 e. The van der Waals surface area contributed by atoms with Crippen LogP contribution in [0.4, 0.5) is 4.39 Å². The van der Waals surface area contributed by atoms with Gasteiger partial charge in [-0.3, -0.25) is 0 Å². The predicted molar refractivity (Wildman–Crippen MR) is 84.7 cm³/mol. The van der Waals surface area contributed by atoms with Gasteiger partial charge >= 0.3 is 0 Å². The zero-order valence-corrected chi connectivity index (χ0v) is 13.3. The minimum Gasteiger partial charge on any atom is -0.494 e. The number of ether oxygens (including phenoxy) is 1. The molecule has 112 valence electrons. The molecule has 0 bridgehead atoms. The van der Waals surface area contributed by atoms with E-state index >= 15 is 0 Å². The first-order chi connectivity index (χ1) is 10.0. The van der Waals surface area contributed by atoms with E-state index in [4.69, 9.17) is 27.9 Å². The summed E-state index contributed by atoms with van der Waals surface area (Å²) in [7, 11) is 1.45. The molecule has 0 aliphatic heterocycles. The standard InChI is InChI=1S/C16H16Cl2FNO/c1-10(12-4-5-13(17)14(18)8-12)20-9-11-3-6-16(21-2)15(19)7-11/h3-8,10,20H,9H2,1-2H3. The van der Waals surface area contributed by atoms with Crippen molar-refractivity contribution in [1.29, 1.82) is 0 Å². The first-order valence-corrected chi connectivity index (χ1v) is 7.27. The van der Waals surface area contributed by atoms with E-state index in [1.54, 1.807) is 12.1 Å². The van der Waals surface area contributed by atoms with Crippen LogP contribution in [-0.4, -0.2) is 7.11 Å². The molecule has 2 aromatic carbocycles. The molecule has 0 spiro atoms. The molecule has 2 aromatic rings. The molecule has 0 saturated carbocycles. The summed E-state index contributed by atoms with van der Waals surface area (Å²) >= 11 is 11.9. The summed E-state index contributed by atoms with van der Waals surface area (Å²) in [4.78, 5) is 0. The van der Waals surface area contributed by atoms with Crippen molar-refractivity contribution in [2.24, 2.45) is 0 Å². The number of hydrogen-bond donors (Lipinski definition) is 1. The Hall–Kier alpha value is -1.29. The van der Waals surface area contributed by atoms with Gasteiger partial charge in [0.2, 0.25) is 0 Å². The summed E-state index contributed by atoms with van der Waals surface area (Å²) in [5.74, 6) is -0.115. The fraction of sp³-hybridized carbons (Fsp3) is 0.250. The lowest BCUT2D eigenvalue weighted by Crippen LogP contribution is -2.18. The van der Waals surface area contributed by atoms with E-state index in [0.717, 1.165) is 11.1 Å². The lowest BCUT2D eigenvalue weighted by Gasteiger charge is -2.15. The Morgan fingerprint density at radius 2 is 1.90 bits per heavy atom. The Morgan fingerprint density at radius 3 is 2.52 bits per heavy atom. The maximum absolute atomic E-state index is 13.6. The monoisotopic (exact) mass is 327 g/mol. The van der Waals surface area contributed by atoms with E-state index in [9.17, 15) is 4.39 Å². The number of nitrogens with one attached hydrogen (secondary N) is 1. The van der Waals surface area contributed by atoms with Crippen LogP contribution in [0.5, 0.6) is 5.75 Å². The Bertz CT molecular complexity index is 634. The summed E-state index contributed by atoms with van der Waals surface area (Å²) < 4.78 is 18.5. The minimum atomic E-state index is -0.362. The molecule has 0 aromatic heterocycles. The average molecular weight is 328 g/mol. The van der Waals surface area contributed by atoms with Crippen LogP contribution >= 0.6 is 23.2 Å². The normalized spacial score (nSPS) is 12.2. The van der Waals surface area contributed by atoms with E-state index in [-0.39, 0.29) is 17.6 Å². The third kappa shape index (κ3) is 4.10. The fourth-order valence-electron chi connectivity index (χ4n) is 1.99. The second kappa shape index (κ2) is 7.12. The maximum atomic E-state index is 13.6. The Labute approximate surface area is 133 Å². The number of halogens is 3. The van der Waals surface area contributed by atoms with Gasteiger partial charge in [-0.2, -0.15) is 0 Å². The number of benzene rings is 2.